The molecule has 116 valence electrons. The van der Waals surface area contributed by atoms with Crippen LogP contribution in [0.25, 0.3) is 0 Å². The Morgan fingerprint density at radius 3 is 2.50 bits per heavy atom. The Labute approximate surface area is 127 Å². The predicted molar refractivity (Wildman–Crippen MR) is 85.9 cm³/mol. The topological polar surface area (TPSA) is 58.2 Å². The van der Waals surface area contributed by atoms with Gasteiger partial charge in [0.25, 0.3) is 10.0 Å². The van der Waals surface area contributed by atoms with E-state index >= 15 is 0 Å². The Morgan fingerprint density at radius 2 is 1.90 bits per heavy atom. The van der Waals surface area contributed by atoms with E-state index in [9.17, 15) is 8.42 Å². The summed E-state index contributed by atoms with van der Waals surface area (Å²) in [5, 5.41) is 3.32. The quantitative estimate of drug-likeness (QED) is 0.688. The number of sulfonamides is 1. The Hall–Kier alpha value is -0.430. The minimum absolute atomic E-state index is 0.407. The molecule has 0 spiro atoms. The second-order valence-electron chi connectivity index (χ2n) is 5.56. The Kier molecular flexibility index (Phi) is 6.64. The number of hydrogen-bond acceptors (Lipinski definition) is 4. The molecule has 4 nitrogen and oxygen atoms in total. The first kappa shape index (κ1) is 17.6. The predicted octanol–water partition coefficient (Wildman–Crippen LogP) is 2.76. The molecular weight excluding hydrogens is 292 g/mol. The second kappa shape index (κ2) is 7.54. The summed E-state index contributed by atoms with van der Waals surface area (Å²) in [4.78, 5) is 1.10. The highest BCUT2D eigenvalue weighted by Gasteiger charge is 2.25. The van der Waals surface area contributed by atoms with Crippen molar-refractivity contribution in [2.24, 2.45) is 0 Å². The first-order chi connectivity index (χ1) is 9.30. The summed E-state index contributed by atoms with van der Waals surface area (Å²) in [5.74, 6) is 0. The van der Waals surface area contributed by atoms with Gasteiger partial charge in [0.1, 0.15) is 4.21 Å². The average Bonchev–Trinajstić information content (AvgIpc) is 2.83. The molecule has 0 radical (unpaired) electrons. The van der Waals surface area contributed by atoms with Crippen molar-refractivity contribution in [2.75, 3.05) is 13.1 Å². The van der Waals surface area contributed by atoms with Crippen molar-refractivity contribution in [3.05, 3.63) is 17.0 Å². The van der Waals surface area contributed by atoms with E-state index in [2.05, 4.69) is 17.0 Å². The van der Waals surface area contributed by atoms with Crippen LogP contribution >= 0.6 is 11.3 Å². The highest BCUT2D eigenvalue weighted by Crippen LogP contribution is 2.23. The zero-order valence-electron chi connectivity index (χ0n) is 12.8. The van der Waals surface area contributed by atoms with Crippen LogP contribution in [-0.2, 0) is 16.4 Å². The summed E-state index contributed by atoms with van der Waals surface area (Å²) in [6.07, 6.45) is 2.74. The van der Waals surface area contributed by atoms with Crippen LogP contribution in [0.2, 0.25) is 0 Å². The van der Waals surface area contributed by atoms with Crippen LogP contribution in [0.5, 0.6) is 0 Å². The molecule has 0 unspecified atom stereocenters. The van der Waals surface area contributed by atoms with Crippen molar-refractivity contribution in [2.45, 2.75) is 56.7 Å². The summed E-state index contributed by atoms with van der Waals surface area (Å²) >= 11 is 1.36. The van der Waals surface area contributed by atoms with Crippen molar-refractivity contribution in [3.63, 3.8) is 0 Å². The smallest absolute Gasteiger partial charge is 0.250 e. The van der Waals surface area contributed by atoms with Crippen molar-refractivity contribution < 1.29 is 8.42 Å². The third-order valence-electron chi connectivity index (χ3n) is 3.17. The van der Waals surface area contributed by atoms with Crippen LogP contribution in [0.1, 0.15) is 45.4 Å². The van der Waals surface area contributed by atoms with Gasteiger partial charge in [-0.1, -0.05) is 13.8 Å². The minimum atomic E-state index is -3.40. The lowest BCUT2D eigenvalue weighted by atomic mass is 10.0. The van der Waals surface area contributed by atoms with Gasteiger partial charge in [-0.15, -0.1) is 11.3 Å². The third-order valence-corrected chi connectivity index (χ3v) is 6.51. The number of rotatable bonds is 9. The fourth-order valence-corrected chi connectivity index (χ4v) is 4.48. The van der Waals surface area contributed by atoms with Gasteiger partial charge in [-0.05, 0) is 58.3 Å². The van der Waals surface area contributed by atoms with E-state index in [1.54, 1.807) is 6.07 Å². The molecule has 2 N–H and O–H groups in total. The van der Waals surface area contributed by atoms with E-state index in [4.69, 9.17) is 0 Å². The minimum Gasteiger partial charge on any atom is -0.316 e. The molecule has 0 amide bonds. The fraction of sp³-hybridized carbons (Fsp3) is 0.714. The highest BCUT2D eigenvalue weighted by atomic mass is 32.2. The molecule has 1 aromatic heterocycles. The molecule has 0 bridgehead atoms. The largest absolute Gasteiger partial charge is 0.316 e. The molecule has 0 saturated heterocycles. The van der Waals surface area contributed by atoms with Crippen LogP contribution in [-0.4, -0.2) is 27.0 Å². The van der Waals surface area contributed by atoms with Crippen LogP contribution in [0, 0.1) is 0 Å². The molecule has 0 fully saturated rings. The van der Waals surface area contributed by atoms with Gasteiger partial charge in [0.05, 0.1) is 0 Å². The molecule has 0 aliphatic rings. The summed E-state index contributed by atoms with van der Waals surface area (Å²) in [7, 11) is -3.40. The fourth-order valence-electron chi connectivity index (χ4n) is 1.64. The summed E-state index contributed by atoms with van der Waals surface area (Å²) < 4.78 is 27.7. The summed E-state index contributed by atoms with van der Waals surface area (Å²) in [6, 6.07) is 3.61. The molecule has 1 rings (SSSR count). The van der Waals surface area contributed by atoms with Crippen molar-refractivity contribution in [1.82, 2.24) is 10.0 Å². The molecule has 1 heterocycles. The van der Waals surface area contributed by atoms with Gasteiger partial charge in [-0.25, -0.2) is 13.1 Å². The lowest BCUT2D eigenvalue weighted by Gasteiger charge is -2.23. The maximum Gasteiger partial charge on any atom is 0.250 e. The lowest BCUT2D eigenvalue weighted by molar-refractivity contribution is 0.440. The first-order valence-electron chi connectivity index (χ1n) is 7.14. The summed E-state index contributed by atoms with van der Waals surface area (Å²) in [6.45, 7) is 9.79. The maximum absolute atomic E-state index is 12.3. The molecule has 0 saturated carbocycles. The molecule has 20 heavy (non-hydrogen) atoms. The SMILES string of the molecule is CCCNCCc1ccc(S(=O)(=O)NC(C)(C)CC)s1. The lowest BCUT2D eigenvalue weighted by Crippen LogP contribution is -2.42. The monoisotopic (exact) mass is 318 g/mol. The molecule has 0 atom stereocenters. The van der Waals surface area contributed by atoms with E-state index < -0.39 is 15.6 Å². The van der Waals surface area contributed by atoms with Gasteiger partial charge >= 0.3 is 0 Å². The van der Waals surface area contributed by atoms with Gasteiger partial charge in [-0.2, -0.15) is 0 Å². The van der Waals surface area contributed by atoms with Crippen molar-refractivity contribution >= 4 is 21.4 Å². The van der Waals surface area contributed by atoms with E-state index in [1.807, 2.05) is 26.8 Å². The van der Waals surface area contributed by atoms with E-state index in [1.165, 1.54) is 11.3 Å². The summed E-state index contributed by atoms with van der Waals surface area (Å²) in [5.41, 5.74) is -0.411. The van der Waals surface area contributed by atoms with Crippen LogP contribution in [0.4, 0.5) is 0 Å². The van der Waals surface area contributed by atoms with Gasteiger partial charge in [0, 0.05) is 10.4 Å². The van der Waals surface area contributed by atoms with Gasteiger partial charge in [-0.3, -0.25) is 0 Å². The van der Waals surface area contributed by atoms with Crippen LogP contribution < -0.4 is 10.0 Å². The molecule has 0 aromatic carbocycles. The zero-order valence-corrected chi connectivity index (χ0v) is 14.5. The molecule has 0 aliphatic heterocycles. The first-order valence-corrected chi connectivity index (χ1v) is 9.44. The van der Waals surface area contributed by atoms with Crippen LogP contribution in [0.3, 0.4) is 0 Å². The second-order valence-corrected chi connectivity index (χ2v) is 8.64. The molecule has 0 aliphatic carbocycles. The average molecular weight is 319 g/mol. The molecular formula is C14H26N2O2S2. The molecule has 1 aromatic rings. The maximum atomic E-state index is 12.3. The van der Waals surface area contributed by atoms with E-state index in [0.29, 0.717) is 4.21 Å². The van der Waals surface area contributed by atoms with Gasteiger partial charge in [0.2, 0.25) is 0 Å². The molecule has 6 heteroatoms. The Bertz CT molecular complexity index is 507. The van der Waals surface area contributed by atoms with Gasteiger partial charge in [0.15, 0.2) is 0 Å². The normalized spacial score (nSPS) is 12.8. The zero-order chi connectivity index (χ0) is 15.2. The van der Waals surface area contributed by atoms with E-state index in [0.717, 1.165) is 37.2 Å². The number of thiophene rings is 1. The van der Waals surface area contributed by atoms with Crippen LogP contribution in [0.15, 0.2) is 16.3 Å². The van der Waals surface area contributed by atoms with Gasteiger partial charge < -0.3 is 5.32 Å². The third kappa shape index (κ3) is 5.52. The number of hydrogen-bond donors (Lipinski definition) is 2. The van der Waals surface area contributed by atoms with Crippen molar-refractivity contribution in [1.29, 1.82) is 0 Å². The highest BCUT2D eigenvalue weighted by molar-refractivity contribution is 7.91. The Morgan fingerprint density at radius 1 is 1.20 bits per heavy atom. The number of nitrogens with one attached hydrogen (secondary N) is 2. The standard InChI is InChI=1S/C14H26N2O2S2/c1-5-10-15-11-9-12-7-8-13(19-12)20(17,18)16-14(3,4)6-2/h7-8,15-16H,5-6,9-11H2,1-4H3. The van der Waals surface area contributed by atoms with E-state index in [-0.39, 0.29) is 0 Å². The van der Waals surface area contributed by atoms with Crippen molar-refractivity contribution in [3.8, 4) is 0 Å². The Balaban J connectivity index is 2.66.